The van der Waals surface area contributed by atoms with E-state index in [4.69, 9.17) is 9.47 Å². The molecule has 3 heterocycles. The first-order valence-corrected chi connectivity index (χ1v) is 7.70. The monoisotopic (exact) mass is 353 g/mol. The van der Waals surface area contributed by atoms with Gasteiger partial charge in [-0.1, -0.05) is 18.2 Å². The number of carbonyl (C=O) groups is 2. The van der Waals surface area contributed by atoms with Crippen LogP contribution in [-0.2, 0) is 25.2 Å². The van der Waals surface area contributed by atoms with Crippen LogP contribution in [0.15, 0.2) is 36.4 Å². The molecule has 1 aromatic rings. The normalized spacial score (nSPS) is 33.0. The van der Waals surface area contributed by atoms with Crippen molar-refractivity contribution in [2.24, 2.45) is 11.8 Å². The molecule has 0 saturated carbocycles. The van der Waals surface area contributed by atoms with E-state index >= 15 is 0 Å². The number of esters is 1. The first-order chi connectivity index (χ1) is 11.8. The van der Waals surface area contributed by atoms with Gasteiger partial charge >= 0.3 is 12.1 Å². The summed E-state index contributed by atoms with van der Waals surface area (Å²) >= 11 is 0. The Kier molecular flexibility index (Phi) is 3.28. The van der Waals surface area contributed by atoms with Crippen molar-refractivity contribution in [1.82, 2.24) is 0 Å². The van der Waals surface area contributed by atoms with Crippen LogP contribution < -0.4 is 4.90 Å². The number of hydrogen-bond acceptors (Lipinski definition) is 4. The van der Waals surface area contributed by atoms with E-state index in [9.17, 15) is 22.8 Å². The molecule has 1 aromatic carbocycles. The smallest absolute Gasteiger partial charge is 0.416 e. The van der Waals surface area contributed by atoms with Gasteiger partial charge in [0, 0.05) is 5.69 Å². The summed E-state index contributed by atoms with van der Waals surface area (Å²) in [5.74, 6) is -2.55. The van der Waals surface area contributed by atoms with Crippen LogP contribution in [0.1, 0.15) is 5.56 Å². The summed E-state index contributed by atoms with van der Waals surface area (Å²) in [6.45, 7) is 0.0678. The van der Waals surface area contributed by atoms with Crippen LogP contribution in [-0.4, -0.2) is 37.2 Å². The number of rotatable bonds is 2. The van der Waals surface area contributed by atoms with E-state index in [1.807, 2.05) is 0 Å². The van der Waals surface area contributed by atoms with Gasteiger partial charge in [0.25, 0.3) is 0 Å². The van der Waals surface area contributed by atoms with E-state index in [1.165, 1.54) is 24.1 Å². The molecule has 1 spiro atoms. The van der Waals surface area contributed by atoms with Crippen LogP contribution in [0.5, 0.6) is 0 Å². The summed E-state index contributed by atoms with van der Waals surface area (Å²) < 4.78 is 49.4. The SMILES string of the molecule is COC(=O)[C@@H]1[C@@H]2C=C[C@]3(CN(c4cccc(C(F)(F)F)c4)C(=O)[C@H]13)O2. The van der Waals surface area contributed by atoms with Crippen LogP contribution in [0.2, 0.25) is 0 Å². The predicted octanol–water partition coefficient (Wildman–Crippen LogP) is 2.16. The fourth-order valence-corrected chi connectivity index (χ4v) is 3.97. The number of nitrogens with zero attached hydrogens (tertiary/aromatic N) is 1. The highest BCUT2D eigenvalue weighted by Crippen LogP contribution is 2.53. The van der Waals surface area contributed by atoms with Gasteiger partial charge < -0.3 is 14.4 Å². The van der Waals surface area contributed by atoms with Crippen molar-refractivity contribution in [2.45, 2.75) is 17.9 Å². The molecular weight excluding hydrogens is 339 g/mol. The number of methoxy groups -OCH3 is 1. The average molecular weight is 353 g/mol. The number of carbonyl (C=O) groups excluding carboxylic acids is 2. The van der Waals surface area contributed by atoms with Gasteiger partial charge in [0.1, 0.15) is 11.5 Å². The van der Waals surface area contributed by atoms with Crippen molar-refractivity contribution in [3.8, 4) is 0 Å². The molecule has 3 aliphatic rings. The van der Waals surface area contributed by atoms with Crippen molar-refractivity contribution >= 4 is 17.6 Å². The maximum absolute atomic E-state index is 12.9. The Morgan fingerprint density at radius 1 is 1.40 bits per heavy atom. The highest BCUT2D eigenvalue weighted by atomic mass is 19.4. The molecule has 8 heteroatoms. The summed E-state index contributed by atoms with van der Waals surface area (Å²) in [5, 5.41) is 0. The molecular formula is C17H14F3NO4. The molecule has 2 saturated heterocycles. The van der Waals surface area contributed by atoms with Crippen LogP contribution >= 0.6 is 0 Å². The number of benzene rings is 1. The first kappa shape index (κ1) is 16.1. The highest BCUT2D eigenvalue weighted by Gasteiger charge is 2.67. The molecule has 0 aliphatic carbocycles. The molecule has 4 rings (SSSR count). The molecule has 132 valence electrons. The van der Waals surface area contributed by atoms with Crippen LogP contribution in [0.4, 0.5) is 18.9 Å². The lowest BCUT2D eigenvalue weighted by atomic mass is 9.77. The first-order valence-electron chi connectivity index (χ1n) is 7.70. The van der Waals surface area contributed by atoms with E-state index in [2.05, 4.69) is 0 Å². The standard InChI is InChI=1S/C17H14F3NO4/c1-24-15(23)12-11-5-6-16(25-11)8-21(14(22)13(12)16)10-4-2-3-9(7-10)17(18,19)20/h2-7,11-13H,8H2,1H3/t11-,12+,13-,16+/m0/s1. The maximum Gasteiger partial charge on any atom is 0.416 e. The Bertz CT molecular complexity index is 790. The molecule has 4 atom stereocenters. The number of hydrogen-bond donors (Lipinski definition) is 0. The average Bonchev–Trinajstić information content (AvgIpc) is 3.22. The van der Waals surface area contributed by atoms with Crippen molar-refractivity contribution < 1.29 is 32.2 Å². The zero-order valence-corrected chi connectivity index (χ0v) is 13.1. The third-order valence-electron chi connectivity index (χ3n) is 5.06. The summed E-state index contributed by atoms with van der Waals surface area (Å²) in [5.41, 5.74) is -1.69. The molecule has 3 aliphatic heterocycles. The molecule has 2 bridgehead atoms. The fourth-order valence-electron chi connectivity index (χ4n) is 3.97. The topological polar surface area (TPSA) is 55.8 Å². The molecule has 5 nitrogen and oxygen atoms in total. The van der Waals surface area contributed by atoms with Gasteiger partial charge in [-0.05, 0) is 18.2 Å². The van der Waals surface area contributed by atoms with Crippen molar-refractivity contribution in [3.05, 3.63) is 42.0 Å². The van der Waals surface area contributed by atoms with Gasteiger partial charge in [0.15, 0.2) is 0 Å². The molecule has 0 N–H and O–H groups in total. The number of amides is 1. The maximum atomic E-state index is 12.9. The predicted molar refractivity (Wildman–Crippen MR) is 79.5 cm³/mol. The Morgan fingerprint density at radius 3 is 2.84 bits per heavy atom. The summed E-state index contributed by atoms with van der Waals surface area (Å²) in [6, 6.07) is 4.57. The molecule has 1 amide bonds. The van der Waals surface area contributed by atoms with Crippen molar-refractivity contribution in [2.75, 3.05) is 18.6 Å². The number of fused-ring (bicyclic) bond motifs is 1. The highest BCUT2D eigenvalue weighted by molar-refractivity contribution is 6.02. The van der Waals surface area contributed by atoms with E-state index in [0.29, 0.717) is 0 Å². The Morgan fingerprint density at radius 2 is 2.16 bits per heavy atom. The van der Waals surface area contributed by atoms with Gasteiger partial charge in [-0.15, -0.1) is 0 Å². The van der Waals surface area contributed by atoms with Gasteiger partial charge in [-0.2, -0.15) is 13.2 Å². The van der Waals surface area contributed by atoms with E-state index in [1.54, 1.807) is 12.2 Å². The number of anilines is 1. The van der Waals surface area contributed by atoms with Gasteiger partial charge in [-0.3, -0.25) is 9.59 Å². The van der Waals surface area contributed by atoms with Crippen LogP contribution in [0.25, 0.3) is 0 Å². The fraction of sp³-hybridized carbons (Fsp3) is 0.412. The zero-order valence-electron chi connectivity index (χ0n) is 13.1. The number of halogens is 3. The second kappa shape index (κ2) is 5.08. The minimum atomic E-state index is -4.50. The molecule has 0 aromatic heterocycles. The van der Waals surface area contributed by atoms with Crippen molar-refractivity contribution in [1.29, 1.82) is 0 Å². The van der Waals surface area contributed by atoms with E-state index < -0.39 is 47.2 Å². The summed E-state index contributed by atoms with van der Waals surface area (Å²) in [6.07, 6.45) is -1.60. The number of alkyl halides is 3. The minimum absolute atomic E-state index is 0.0678. The molecule has 0 unspecified atom stereocenters. The largest absolute Gasteiger partial charge is 0.469 e. The van der Waals surface area contributed by atoms with Crippen LogP contribution in [0, 0.1) is 11.8 Å². The third kappa shape index (κ3) is 2.20. The molecule has 0 radical (unpaired) electrons. The lowest BCUT2D eigenvalue weighted by molar-refractivity contribution is -0.149. The minimum Gasteiger partial charge on any atom is -0.469 e. The summed E-state index contributed by atoms with van der Waals surface area (Å²) in [7, 11) is 1.23. The van der Waals surface area contributed by atoms with Gasteiger partial charge in [0.2, 0.25) is 5.91 Å². The van der Waals surface area contributed by atoms with E-state index in [0.717, 1.165) is 12.1 Å². The molecule has 25 heavy (non-hydrogen) atoms. The zero-order chi connectivity index (χ0) is 18.0. The second-order valence-electron chi connectivity index (χ2n) is 6.40. The quantitative estimate of drug-likeness (QED) is 0.604. The van der Waals surface area contributed by atoms with Crippen molar-refractivity contribution in [3.63, 3.8) is 0 Å². The lowest BCUT2D eigenvalue weighted by Crippen LogP contribution is -2.39. The third-order valence-corrected chi connectivity index (χ3v) is 5.06. The number of ether oxygens (including phenoxy) is 2. The Hall–Kier alpha value is -2.35. The van der Waals surface area contributed by atoms with E-state index in [-0.39, 0.29) is 12.2 Å². The Balaban J connectivity index is 1.71. The Labute approximate surface area is 141 Å². The second-order valence-corrected chi connectivity index (χ2v) is 6.40. The summed E-state index contributed by atoms with van der Waals surface area (Å²) in [4.78, 5) is 26.2. The van der Waals surface area contributed by atoms with Gasteiger partial charge in [0.05, 0.1) is 31.2 Å². The van der Waals surface area contributed by atoms with Crippen LogP contribution in [0.3, 0.4) is 0 Å². The molecule has 2 fully saturated rings. The lowest BCUT2D eigenvalue weighted by Gasteiger charge is -2.22. The van der Waals surface area contributed by atoms with Gasteiger partial charge in [-0.25, -0.2) is 0 Å².